The highest BCUT2D eigenvalue weighted by Crippen LogP contribution is 2.15. The number of benzene rings is 1. The van der Waals surface area contributed by atoms with Crippen molar-refractivity contribution in [3.63, 3.8) is 0 Å². The van der Waals surface area contributed by atoms with Crippen LogP contribution in [-0.2, 0) is 22.4 Å². The summed E-state index contributed by atoms with van der Waals surface area (Å²) in [6.45, 7) is 4.97. The number of carbonyl (C=O) groups excluding carboxylic acids is 1. The zero-order valence-electron chi connectivity index (χ0n) is 12.4. The molecule has 4 heteroatoms. The Morgan fingerprint density at radius 3 is 2.40 bits per heavy atom. The van der Waals surface area contributed by atoms with Gasteiger partial charge in [0.05, 0.1) is 6.61 Å². The smallest absolute Gasteiger partial charge is 0.324 e. The van der Waals surface area contributed by atoms with Gasteiger partial charge in [0.1, 0.15) is 6.04 Å². The topological polar surface area (TPSA) is 41.6 Å². The third-order valence-electron chi connectivity index (χ3n) is 3.87. The quantitative estimate of drug-likeness (QED) is 0.822. The van der Waals surface area contributed by atoms with Crippen LogP contribution in [0, 0.1) is 0 Å². The van der Waals surface area contributed by atoms with Gasteiger partial charge in [-0.05, 0) is 37.9 Å². The summed E-state index contributed by atoms with van der Waals surface area (Å²) in [5.74, 6) is -0.156. The van der Waals surface area contributed by atoms with Crippen molar-refractivity contribution in [3.05, 3.63) is 35.4 Å². The Hall–Kier alpha value is -1.39. The predicted octanol–water partition coefficient (Wildman–Crippen LogP) is 1.24. The van der Waals surface area contributed by atoms with E-state index in [1.54, 1.807) is 0 Å². The van der Waals surface area contributed by atoms with Crippen LogP contribution in [0.25, 0.3) is 0 Å². The first-order valence-corrected chi connectivity index (χ1v) is 7.37. The molecular formula is C16H24N2O2. The van der Waals surface area contributed by atoms with Crippen molar-refractivity contribution in [1.29, 1.82) is 0 Å². The van der Waals surface area contributed by atoms with Crippen LogP contribution < -0.4 is 5.32 Å². The number of nitrogens with one attached hydrogen (secondary N) is 1. The zero-order valence-corrected chi connectivity index (χ0v) is 12.4. The molecule has 1 unspecified atom stereocenters. The van der Waals surface area contributed by atoms with Gasteiger partial charge in [-0.2, -0.15) is 0 Å². The number of esters is 1. The van der Waals surface area contributed by atoms with Crippen LogP contribution in [0.5, 0.6) is 0 Å². The fraction of sp³-hybridized carbons (Fsp3) is 0.562. The van der Waals surface area contributed by atoms with Gasteiger partial charge in [-0.15, -0.1) is 0 Å². The van der Waals surface area contributed by atoms with E-state index in [4.69, 9.17) is 4.74 Å². The molecule has 1 atom stereocenters. The summed E-state index contributed by atoms with van der Waals surface area (Å²) in [5.41, 5.74) is 2.87. The highest BCUT2D eigenvalue weighted by Gasteiger charge is 2.22. The number of rotatable bonds is 5. The van der Waals surface area contributed by atoms with Crippen LogP contribution >= 0.6 is 0 Å². The van der Waals surface area contributed by atoms with Crippen molar-refractivity contribution in [1.82, 2.24) is 10.2 Å². The zero-order chi connectivity index (χ0) is 14.4. The lowest BCUT2D eigenvalue weighted by Gasteiger charge is -2.24. The molecule has 0 spiro atoms. The van der Waals surface area contributed by atoms with E-state index >= 15 is 0 Å². The standard InChI is InChI=1S/C16H24N2O2/c1-3-20-16(19)15(17-2)12-18-10-8-13-6-4-5-7-14(13)9-11-18/h4-7,15,17H,3,8-12H2,1-2H3. The SMILES string of the molecule is CCOC(=O)C(CN1CCc2ccccc2CC1)NC. The third-order valence-corrected chi connectivity index (χ3v) is 3.87. The van der Waals surface area contributed by atoms with Crippen molar-refractivity contribution < 1.29 is 9.53 Å². The molecule has 0 aliphatic carbocycles. The van der Waals surface area contributed by atoms with E-state index in [9.17, 15) is 4.79 Å². The molecule has 0 radical (unpaired) electrons. The Bertz CT molecular complexity index is 421. The van der Waals surface area contributed by atoms with Crippen molar-refractivity contribution in [2.24, 2.45) is 0 Å². The van der Waals surface area contributed by atoms with E-state index in [0.29, 0.717) is 13.2 Å². The summed E-state index contributed by atoms with van der Waals surface area (Å²) in [4.78, 5) is 14.2. The third kappa shape index (κ3) is 3.81. The van der Waals surface area contributed by atoms with Crippen LogP contribution in [0.15, 0.2) is 24.3 Å². The Morgan fingerprint density at radius 2 is 1.90 bits per heavy atom. The van der Waals surface area contributed by atoms with Crippen molar-refractivity contribution in [3.8, 4) is 0 Å². The number of likely N-dealkylation sites (N-methyl/N-ethyl adjacent to an activating group) is 1. The van der Waals surface area contributed by atoms with Gasteiger partial charge in [0, 0.05) is 19.6 Å². The number of fused-ring (bicyclic) bond motifs is 1. The highest BCUT2D eigenvalue weighted by molar-refractivity contribution is 5.76. The lowest BCUT2D eigenvalue weighted by Crippen LogP contribution is -2.46. The maximum atomic E-state index is 11.8. The second-order valence-electron chi connectivity index (χ2n) is 5.16. The Morgan fingerprint density at radius 1 is 1.30 bits per heavy atom. The summed E-state index contributed by atoms with van der Waals surface area (Å²) in [6, 6.07) is 8.38. The molecule has 1 N–H and O–H groups in total. The van der Waals surface area contributed by atoms with Gasteiger partial charge in [0.15, 0.2) is 0 Å². The van der Waals surface area contributed by atoms with Crippen LogP contribution in [0.3, 0.4) is 0 Å². The largest absolute Gasteiger partial charge is 0.465 e. The molecule has 0 saturated carbocycles. The van der Waals surface area contributed by atoms with Crippen molar-refractivity contribution in [2.75, 3.05) is 33.3 Å². The molecule has 0 bridgehead atoms. The fourth-order valence-corrected chi connectivity index (χ4v) is 2.68. The van der Waals surface area contributed by atoms with E-state index in [1.807, 2.05) is 14.0 Å². The van der Waals surface area contributed by atoms with E-state index in [-0.39, 0.29) is 12.0 Å². The number of carbonyl (C=O) groups is 1. The molecule has 0 fully saturated rings. The molecule has 2 rings (SSSR count). The molecule has 4 nitrogen and oxygen atoms in total. The number of nitrogens with zero attached hydrogens (tertiary/aromatic N) is 1. The molecule has 1 aliphatic rings. The average Bonchev–Trinajstić information content (AvgIpc) is 2.67. The Kier molecular flexibility index (Phi) is 5.56. The summed E-state index contributed by atoms with van der Waals surface area (Å²) < 4.78 is 5.10. The number of ether oxygens (including phenoxy) is 1. The summed E-state index contributed by atoms with van der Waals surface area (Å²) in [5, 5.41) is 3.06. The van der Waals surface area contributed by atoms with Gasteiger partial charge in [-0.3, -0.25) is 4.79 Å². The number of hydrogen-bond acceptors (Lipinski definition) is 4. The van der Waals surface area contributed by atoms with E-state index < -0.39 is 0 Å². The second kappa shape index (κ2) is 7.41. The molecule has 0 saturated heterocycles. The highest BCUT2D eigenvalue weighted by atomic mass is 16.5. The van der Waals surface area contributed by atoms with Gasteiger partial charge in [-0.1, -0.05) is 24.3 Å². The normalized spacial score (nSPS) is 17.1. The summed E-state index contributed by atoms with van der Waals surface area (Å²) >= 11 is 0. The molecule has 0 amide bonds. The second-order valence-corrected chi connectivity index (χ2v) is 5.16. The first-order chi connectivity index (χ1) is 9.74. The van der Waals surface area contributed by atoms with E-state index in [1.165, 1.54) is 11.1 Å². The van der Waals surface area contributed by atoms with Crippen LogP contribution in [0.1, 0.15) is 18.1 Å². The number of hydrogen-bond donors (Lipinski definition) is 1. The monoisotopic (exact) mass is 276 g/mol. The lowest BCUT2D eigenvalue weighted by atomic mass is 10.0. The fourth-order valence-electron chi connectivity index (χ4n) is 2.68. The van der Waals surface area contributed by atoms with E-state index in [0.717, 1.165) is 25.9 Å². The maximum absolute atomic E-state index is 11.8. The molecule has 1 aliphatic heterocycles. The van der Waals surface area contributed by atoms with Gasteiger partial charge in [0.25, 0.3) is 0 Å². The molecular weight excluding hydrogens is 252 g/mol. The molecule has 20 heavy (non-hydrogen) atoms. The van der Waals surface area contributed by atoms with E-state index in [2.05, 4.69) is 34.5 Å². The predicted molar refractivity (Wildman–Crippen MR) is 79.8 cm³/mol. The minimum absolute atomic E-state index is 0.156. The van der Waals surface area contributed by atoms with Gasteiger partial charge < -0.3 is 15.0 Å². The minimum atomic E-state index is -0.240. The maximum Gasteiger partial charge on any atom is 0.324 e. The molecule has 110 valence electrons. The Balaban J connectivity index is 1.93. The summed E-state index contributed by atoms with van der Waals surface area (Å²) in [7, 11) is 1.81. The Labute approximate surface area is 121 Å². The van der Waals surface area contributed by atoms with Gasteiger partial charge >= 0.3 is 5.97 Å². The molecule has 1 heterocycles. The van der Waals surface area contributed by atoms with Crippen LogP contribution in [0.2, 0.25) is 0 Å². The average molecular weight is 276 g/mol. The first kappa shape index (κ1) is 15.0. The van der Waals surface area contributed by atoms with Gasteiger partial charge in [-0.25, -0.2) is 0 Å². The van der Waals surface area contributed by atoms with Crippen molar-refractivity contribution >= 4 is 5.97 Å². The van der Waals surface area contributed by atoms with Crippen LogP contribution in [0.4, 0.5) is 0 Å². The lowest BCUT2D eigenvalue weighted by molar-refractivity contribution is -0.146. The first-order valence-electron chi connectivity index (χ1n) is 7.37. The molecule has 1 aromatic carbocycles. The minimum Gasteiger partial charge on any atom is -0.465 e. The van der Waals surface area contributed by atoms with Gasteiger partial charge in [0.2, 0.25) is 0 Å². The van der Waals surface area contributed by atoms with Crippen LogP contribution in [-0.4, -0.2) is 50.2 Å². The summed E-state index contributed by atoms with van der Waals surface area (Å²) in [6.07, 6.45) is 2.10. The van der Waals surface area contributed by atoms with Crippen molar-refractivity contribution in [2.45, 2.75) is 25.8 Å². The molecule has 1 aromatic rings. The molecule has 0 aromatic heterocycles.